The van der Waals surface area contributed by atoms with E-state index in [1.54, 1.807) is 12.1 Å². The first-order chi connectivity index (χ1) is 17.4. The predicted octanol–water partition coefficient (Wildman–Crippen LogP) is 6.07. The zero-order valence-electron chi connectivity index (χ0n) is 20.5. The Morgan fingerprint density at radius 1 is 0.833 bits per heavy atom. The quantitative estimate of drug-likeness (QED) is 0.482. The topological polar surface area (TPSA) is 19.0 Å². The third-order valence-electron chi connectivity index (χ3n) is 7.47. The van der Waals surface area contributed by atoms with Crippen molar-refractivity contribution in [1.29, 1.82) is 0 Å². The minimum Gasteiger partial charge on any atom is -0.489 e. The molecule has 2 aromatic rings. The average Bonchev–Trinajstić information content (AvgIpc) is 2.90. The lowest BCUT2D eigenvalue weighted by atomic mass is 10.0. The van der Waals surface area contributed by atoms with Crippen molar-refractivity contribution < 1.29 is 17.9 Å². The normalized spacial score (nSPS) is 20.5. The van der Waals surface area contributed by atoms with Crippen LogP contribution in [0.4, 0.5) is 18.9 Å². The van der Waals surface area contributed by atoms with E-state index in [1.165, 1.54) is 5.56 Å². The SMILES string of the molecule is FC(F)(F)c1ccc(N2CCC(OC3=CN(C4CCN(Cc5ccccc5)CC4)CC=C3)CC2)cc1. The van der Waals surface area contributed by atoms with Gasteiger partial charge in [0.05, 0.1) is 5.56 Å². The fourth-order valence-electron chi connectivity index (χ4n) is 5.41. The van der Waals surface area contributed by atoms with Gasteiger partial charge < -0.3 is 14.5 Å². The van der Waals surface area contributed by atoms with Crippen LogP contribution in [-0.2, 0) is 17.5 Å². The second kappa shape index (κ2) is 11.0. The van der Waals surface area contributed by atoms with E-state index in [0.717, 1.165) is 88.5 Å². The molecule has 2 fully saturated rings. The van der Waals surface area contributed by atoms with E-state index in [0.29, 0.717) is 6.04 Å². The molecule has 0 bridgehead atoms. The minimum absolute atomic E-state index is 0.124. The molecular formula is C29H34F3N3O. The lowest BCUT2D eigenvalue weighted by Crippen LogP contribution is -2.43. The Hall–Kier alpha value is -2.93. The standard InChI is InChI=1S/C29H34F3N3O/c30-29(31,32)24-8-10-25(11-9-24)34-19-14-27(15-20-34)36-28-7-4-16-35(22-28)26-12-17-33(18-13-26)21-23-5-2-1-3-6-23/h1-11,22,26-27H,12-21H2. The van der Waals surface area contributed by atoms with E-state index in [1.807, 2.05) is 0 Å². The van der Waals surface area contributed by atoms with Gasteiger partial charge in [0.2, 0.25) is 0 Å². The summed E-state index contributed by atoms with van der Waals surface area (Å²) in [6.07, 6.45) is 6.26. The Bertz CT molecular complexity index is 1040. The van der Waals surface area contributed by atoms with Crippen LogP contribution in [0.3, 0.4) is 0 Å². The molecule has 36 heavy (non-hydrogen) atoms. The second-order valence-electron chi connectivity index (χ2n) is 9.97. The number of ether oxygens (including phenoxy) is 1. The molecule has 3 aliphatic heterocycles. The number of anilines is 1. The summed E-state index contributed by atoms with van der Waals surface area (Å²) in [6, 6.07) is 16.7. The van der Waals surface area contributed by atoms with Gasteiger partial charge in [0.25, 0.3) is 0 Å². The molecule has 5 rings (SSSR count). The van der Waals surface area contributed by atoms with Gasteiger partial charge >= 0.3 is 6.18 Å². The van der Waals surface area contributed by atoms with Crippen LogP contribution >= 0.6 is 0 Å². The van der Waals surface area contributed by atoms with Crippen molar-refractivity contribution >= 4 is 5.69 Å². The monoisotopic (exact) mass is 497 g/mol. The van der Waals surface area contributed by atoms with E-state index >= 15 is 0 Å². The van der Waals surface area contributed by atoms with Crippen molar-refractivity contribution in [2.45, 2.75) is 50.6 Å². The van der Waals surface area contributed by atoms with E-state index in [9.17, 15) is 13.2 Å². The number of allylic oxidation sites excluding steroid dienone is 1. The fourth-order valence-corrected chi connectivity index (χ4v) is 5.41. The molecule has 0 aliphatic carbocycles. The summed E-state index contributed by atoms with van der Waals surface area (Å²) < 4.78 is 44.8. The van der Waals surface area contributed by atoms with Gasteiger partial charge in [0.1, 0.15) is 11.9 Å². The Morgan fingerprint density at radius 3 is 2.19 bits per heavy atom. The number of nitrogens with zero attached hydrogens (tertiary/aromatic N) is 3. The molecule has 0 aromatic heterocycles. The zero-order chi connectivity index (χ0) is 25.0. The van der Waals surface area contributed by atoms with Crippen molar-refractivity contribution in [3.8, 4) is 0 Å². The van der Waals surface area contributed by atoms with Gasteiger partial charge in [-0.15, -0.1) is 0 Å². The molecular weight excluding hydrogens is 463 g/mol. The maximum Gasteiger partial charge on any atom is 0.416 e. The number of alkyl halides is 3. The maximum atomic E-state index is 12.8. The Kier molecular flexibility index (Phi) is 7.56. The molecule has 3 heterocycles. The molecule has 7 heteroatoms. The molecule has 0 unspecified atom stereocenters. The number of rotatable bonds is 6. The number of hydrogen-bond donors (Lipinski definition) is 0. The first-order valence-corrected chi connectivity index (χ1v) is 12.9. The molecule has 2 saturated heterocycles. The van der Waals surface area contributed by atoms with Gasteiger partial charge in [0, 0.05) is 70.0 Å². The van der Waals surface area contributed by atoms with Crippen LogP contribution in [0, 0.1) is 0 Å². The largest absolute Gasteiger partial charge is 0.489 e. The number of piperidine rings is 2. The molecule has 0 atom stereocenters. The summed E-state index contributed by atoms with van der Waals surface area (Å²) in [6.45, 7) is 5.69. The van der Waals surface area contributed by atoms with Crippen LogP contribution in [0.25, 0.3) is 0 Å². The van der Waals surface area contributed by atoms with Gasteiger partial charge in [-0.05, 0) is 48.7 Å². The number of benzene rings is 2. The van der Waals surface area contributed by atoms with Crippen LogP contribution < -0.4 is 4.90 Å². The van der Waals surface area contributed by atoms with Gasteiger partial charge in [-0.2, -0.15) is 13.2 Å². The summed E-state index contributed by atoms with van der Waals surface area (Å²) in [5.41, 5.74) is 1.60. The molecule has 0 saturated carbocycles. The Labute approximate surface area is 211 Å². The highest BCUT2D eigenvalue weighted by Gasteiger charge is 2.31. The van der Waals surface area contributed by atoms with Crippen molar-refractivity contribution in [2.75, 3.05) is 37.6 Å². The van der Waals surface area contributed by atoms with Crippen LogP contribution in [-0.4, -0.2) is 54.7 Å². The Morgan fingerprint density at radius 2 is 1.53 bits per heavy atom. The van der Waals surface area contributed by atoms with Gasteiger partial charge in [-0.1, -0.05) is 36.4 Å². The molecule has 0 radical (unpaired) electrons. The van der Waals surface area contributed by atoms with Crippen LogP contribution in [0.15, 0.2) is 78.7 Å². The number of likely N-dealkylation sites (tertiary alicyclic amines) is 1. The van der Waals surface area contributed by atoms with Crippen LogP contribution in [0.1, 0.15) is 36.8 Å². The molecule has 0 amide bonds. The first kappa shape index (κ1) is 24.8. The number of halogens is 3. The highest BCUT2D eigenvalue weighted by Crippen LogP contribution is 2.31. The molecule has 3 aliphatic rings. The number of hydrogen-bond acceptors (Lipinski definition) is 4. The summed E-state index contributed by atoms with van der Waals surface area (Å²) in [4.78, 5) is 7.10. The molecule has 192 valence electrons. The van der Waals surface area contributed by atoms with E-state index < -0.39 is 11.7 Å². The first-order valence-electron chi connectivity index (χ1n) is 12.9. The lowest BCUT2D eigenvalue weighted by Gasteiger charge is -2.39. The van der Waals surface area contributed by atoms with Crippen molar-refractivity contribution in [3.05, 3.63) is 89.8 Å². The summed E-state index contributed by atoms with van der Waals surface area (Å²) in [5.74, 6) is 0.918. The van der Waals surface area contributed by atoms with Gasteiger partial charge in [-0.3, -0.25) is 4.90 Å². The van der Waals surface area contributed by atoms with Crippen molar-refractivity contribution in [2.24, 2.45) is 0 Å². The highest BCUT2D eigenvalue weighted by molar-refractivity contribution is 5.48. The molecule has 4 nitrogen and oxygen atoms in total. The molecule has 0 N–H and O–H groups in total. The maximum absolute atomic E-state index is 12.8. The van der Waals surface area contributed by atoms with Crippen LogP contribution in [0.2, 0.25) is 0 Å². The second-order valence-corrected chi connectivity index (χ2v) is 9.97. The molecule has 0 spiro atoms. The zero-order valence-corrected chi connectivity index (χ0v) is 20.5. The third kappa shape index (κ3) is 6.25. The predicted molar refractivity (Wildman–Crippen MR) is 136 cm³/mol. The molecule has 2 aromatic carbocycles. The van der Waals surface area contributed by atoms with Gasteiger partial charge in [-0.25, -0.2) is 0 Å². The third-order valence-corrected chi connectivity index (χ3v) is 7.47. The summed E-state index contributed by atoms with van der Waals surface area (Å²) >= 11 is 0. The highest BCUT2D eigenvalue weighted by atomic mass is 19.4. The van der Waals surface area contributed by atoms with Crippen molar-refractivity contribution in [1.82, 2.24) is 9.80 Å². The fraction of sp³-hybridized carbons (Fsp3) is 0.448. The van der Waals surface area contributed by atoms with E-state index in [2.05, 4.69) is 63.4 Å². The van der Waals surface area contributed by atoms with Crippen LogP contribution in [0.5, 0.6) is 0 Å². The summed E-state index contributed by atoms with van der Waals surface area (Å²) in [7, 11) is 0. The lowest BCUT2D eigenvalue weighted by molar-refractivity contribution is -0.137. The minimum atomic E-state index is -4.30. The Balaban J connectivity index is 1.08. The van der Waals surface area contributed by atoms with Crippen molar-refractivity contribution in [3.63, 3.8) is 0 Å². The smallest absolute Gasteiger partial charge is 0.416 e. The van der Waals surface area contributed by atoms with E-state index in [4.69, 9.17) is 4.74 Å². The van der Waals surface area contributed by atoms with E-state index in [-0.39, 0.29) is 6.10 Å². The summed E-state index contributed by atoms with van der Waals surface area (Å²) in [5, 5.41) is 0. The van der Waals surface area contributed by atoms with Gasteiger partial charge in [0.15, 0.2) is 0 Å². The average molecular weight is 498 g/mol.